The summed E-state index contributed by atoms with van der Waals surface area (Å²) in [4.78, 5) is 17.1. The van der Waals surface area contributed by atoms with E-state index < -0.39 is 0 Å². The second kappa shape index (κ2) is 5.98. The molecule has 1 saturated heterocycles. The number of ketones is 1. The van der Waals surface area contributed by atoms with Crippen LogP contribution in [-0.4, -0.2) is 40.8 Å². The molecule has 0 atom stereocenters. The fourth-order valence-electron chi connectivity index (χ4n) is 2.42. The molecule has 0 unspecified atom stereocenters. The van der Waals surface area contributed by atoms with Crippen LogP contribution in [-0.2, 0) is 0 Å². The number of carbonyl (C=O) groups excluding carboxylic acids is 1. The molecule has 0 N–H and O–H groups in total. The molecule has 0 radical (unpaired) electrons. The zero-order valence-corrected chi connectivity index (χ0v) is 13.9. The van der Waals surface area contributed by atoms with Crippen molar-refractivity contribution in [1.29, 1.82) is 0 Å². The third kappa shape index (κ3) is 4.07. The lowest BCUT2D eigenvalue weighted by Gasteiger charge is -2.22. The van der Waals surface area contributed by atoms with Crippen molar-refractivity contribution < 1.29 is 4.79 Å². The summed E-state index contributed by atoms with van der Waals surface area (Å²) < 4.78 is 0.354. The molecule has 0 aromatic carbocycles. The summed E-state index contributed by atoms with van der Waals surface area (Å²) in [5.74, 6) is 1.41. The molecule has 4 heteroatoms. The highest BCUT2D eigenvalue weighted by molar-refractivity contribution is 8.00. The Morgan fingerprint density at radius 1 is 1.37 bits per heavy atom. The number of nitrogens with zero attached hydrogens (tertiary/aromatic N) is 1. The van der Waals surface area contributed by atoms with E-state index >= 15 is 0 Å². The fraction of sp³-hybridized carbons (Fsp3) is 0.667. The van der Waals surface area contributed by atoms with Gasteiger partial charge >= 0.3 is 0 Å². The summed E-state index contributed by atoms with van der Waals surface area (Å²) in [6.07, 6.45) is 1.16. The van der Waals surface area contributed by atoms with E-state index in [9.17, 15) is 4.79 Å². The summed E-state index contributed by atoms with van der Waals surface area (Å²) in [7, 11) is 0. The van der Waals surface area contributed by atoms with E-state index in [1.54, 1.807) is 11.3 Å². The zero-order valence-electron chi connectivity index (χ0n) is 12.3. The molecule has 1 aromatic heterocycles. The highest BCUT2D eigenvalue weighted by Gasteiger charge is 2.25. The Balaban J connectivity index is 1.97. The first-order valence-corrected chi connectivity index (χ1v) is 8.64. The molecule has 0 spiro atoms. The molecule has 0 aliphatic carbocycles. The summed E-state index contributed by atoms with van der Waals surface area (Å²) in [6.45, 7) is 11.4. The minimum Gasteiger partial charge on any atom is -0.295 e. The van der Waals surface area contributed by atoms with Gasteiger partial charge in [-0.3, -0.25) is 9.69 Å². The number of thiophene rings is 1. The van der Waals surface area contributed by atoms with Crippen LogP contribution in [0.3, 0.4) is 0 Å². The van der Waals surface area contributed by atoms with Gasteiger partial charge in [0.2, 0.25) is 0 Å². The molecular formula is C15H23NOS2. The van der Waals surface area contributed by atoms with E-state index in [4.69, 9.17) is 0 Å². The molecular weight excluding hydrogens is 274 g/mol. The lowest BCUT2D eigenvalue weighted by Crippen LogP contribution is -2.32. The minimum absolute atomic E-state index is 0.284. The van der Waals surface area contributed by atoms with E-state index in [2.05, 4.69) is 25.7 Å². The highest BCUT2D eigenvalue weighted by atomic mass is 32.2. The standard InChI is InChI=1S/C15H23NOS2/c1-11-9-13(12(2)19-11)14(17)10-16-6-5-15(3,4)18-8-7-16/h9H,5-8,10H2,1-4H3. The number of hydrogen-bond donors (Lipinski definition) is 0. The maximum absolute atomic E-state index is 12.4. The van der Waals surface area contributed by atoms with Gasteiger partial charge in [0.25, 0.3) is 0 Å². The van der Waals surface area contributed by atoms with Crippen LogP contribution in [0.2, 0.25) is 0 Å². The van der Waals surface area contributed by atoms with Crippen LogP contribution in [0.5, 0.6) is 0 Å². The first kappa shape index (κ1) is 15.1. The van der Waals surface area contributed by atoms with Gasteiger partial charge in [-0.2, -0.15) is 11.8 Å². The Bertz CT molecular complexity index is 465. The molecule has 106 valence electrons. The average molecular weight is 297 g/mol. The first-order chi connectivity index (χ1) is 8.87. The van der Waals surface area contributed by atoms with Crippen molar-refractivity contribution in [3.05, 3.63) is 21.4 Å². The molecule has 19 heavy (non-hydrogen) atoms. The molecule has 0 bridgehead atoms. The van der Waals surface area contributed by atoms with E-state index in [1.807, 2.05) is 24.8 Å². The number of thioether (sulfide) groups is 1. The van der Waals surface area contributed by atoms with E-state index in [-0.39, 0.29) is 5.78 Å². The van der Waals surface area contributed by atoms with Crippen molar-refractivity contribution in [3.63, 3.8) is 0 Å². The maximum Gasteiger partial charge on any atom is 0.177 e. The van der Waals surface area contributed by atoms with Crippen LogP contribution in [0.4, 0.5) is 0 Å². The Kier molecular flexibility index (Phi) is 4.75. The third-order valence-electron chi connectivity index (χ3n) is 3.64. The van der Waals surface area contributed by atoms with Gasteiger partial charge in [0.1, 0.15) is 0 Å². The predicted molar refractivity (Wildman–Crippen MR) is 85.7 cm³/mol. The first-order valence-electron chi connectivity index (χ1n) is 6.84. The van der Waals surface area contributed by atoms with Crippen molar-refractivity contribution in [3.8, 4) is 0 Å². The molecule has 2 nitrogen and oxygen atoms in total. The normalized spacial score (nSPS) is 20.2. The Morgan fingerprint density at radius 3 is 2.74 bits per heavy atom. The third-order valence-corrected chi connectivity index (χ3v) is 5.98. The van der Waals surface area contributed by atoms with E-state index in [0.29, 0.717) is 11.3 Å². The monoisotopic (exact) mass is 297 g/mol. The minimum atomic E-state index is 0.284. The summed E-state index contributed by atoms with van der Waals surface area (Å²) in [6, 6.07) is 2.04. The summed E-state index contributed by atoms with van der Waals surface area (Å²) in [5.41, 5.74) is 0.929. The lowest BCUT2D eigenvalue weighted by atomic mass is 10.1. The predicted octanol–water partition coefficient (Wildman–Crippen LogP) is 3.77. The van der Waals surface area contributed by atoms with Crippen LogP contribution in [0.15, 0.2) is 6.07 Å². The number of rotatable bonds is 3. The Hall–Kier alpha value is -0.320. The summed E-state index contributed by atoms with van der Waals surface area (Å²) >= 11 is 3.74. The molecule has 1 aliphatic heterocycles. The van der Waals surface area contributed by atoms with Crippen LogP contribution in [0, 0.1) is 13.8 Å². The smallest absolute Gasteiger partial charge is 0.177 e. The van der Waals surface area contributed by atoms with E-state index in [0.717, 1.165) is 35.7 Å². The largest absolute Gasteiger partial charge is 0.295 e. The fourth-order valence-corrected chi connectivity index (χ4v) is 4.50. The average Bonchev–Trinajstić information content (AvgIpc) is 2.55. The van der Waals surface area contributed by atoms with Crippen molar-refractivity contribution in [2.45, 2.75) is 38.9 Å². The van der Waals surface area contributed by atoms with Crippen LogP contribution >= 0.6 is 23.1 Å². The number of Topliss-reactive ketones (excluding diaryl/α,β-unsaturated/α-hetero) is 1. The van der Waals surface area contributed by atoms with Gasteiger partial charge in [0.15, 0.2) is 5.78 Å². The quantitative estimate of drug-likeness (QED) is 0.792. The second-order valence-electron chi connectivity index (χ2n) is 5.88. The highest BCUT2D eigenvalue weighted by Crippen LogP contribution is 2.30. The lowest BCUT2D eigenvalue weighted by molar-refractivity contribution is 0.0933. The SMILES string of the molecule is Cc1cc(C(=O)CN2CCSC(C)(C)CC2)c(C)s1. The van der Waals surface area contributed by atoms with E-state index in [1.165, 1.54) is 4.88 Å². The van der Waals surface area contributed by atoms with Gasteiger partial charge in [0.05, 0.1) is 6.54 Å². The molecule has 0 amide bonds. The van der Waals surface area contributed by atoms with Gasteiger partial charge < -0.3 is 0 Å². The van der Waals surface area contributed by atoms with Crippen LogP contribution in [0.1, 0.15) is 40.4 Å². The molecule has 0 saturated carbocycles. The van der Waals surface area contributed by atoms with Gasteiger partial charge in [-0.25, -0.2) is 0 Å². The van der Waals surface area contributed by atoms with Gasteiger partial charge in [0, 0.05) is 32.4 Å². The molecule has 1 fully saturated rings. The van der Waals surface area contributed by atoms with Crippen molar-refractivity contribution in [1.82, 2.24) is 4.90 Å². The number of hydrogen-bond acceptors (Lipinski definition) is 4. The summed E-state index contributed by atoms with van der Waals surface area (Å²) in [5, 5.41) is 0. The Labute approximate surface area is 124 Å². The zero-order chi connectivity index (χ0) is 14.0. The van der Waals surface area contributed by atoms with Gasteiger partial charge in [-0.05, 0) is 32.9 Å². The maximum atomic E-state index is 12.4. The Morgan fingerprint density at radius 2 is 2.11 bits per heavy atom. The van der Waals surface area contributed by atoms with Crippen LogP contribution < -0.4 is 0 Å². The van der Waals surface area contributed by atoms with Crippen molar-refractivity contribution in [2.75, 3.05) is 25.4 Å². The van der Waals surface area contributed by atoms with Crippen molar-refractivity contribution in [2.24, 2.45) is 0 Å². The van der Waals surface area contributed by atoms with Crippen molar-refractivity contribution >= 4 is 28.9 Å². The number of carbonyl (C=O) groups is 1. The van der Waals surface area contributed by atoms with Gasteiger partial charge in [-0.15, -0.1) is 11.3 Å². The van der Waals surface area contributed by atoms with Gasteiger partial charge in [-0.1, -0.05) is 13.8 Å². The number of aryl methyl sites for hydroxylation is 2. The molecule has 2 heterocycles. The molecule has 1 aliphatic rings. The molecule has 2 rings (SSSR count). The van der Waals surface area contributed by atoms with Crippen LogP contribution in [0.25, 0.3) is 0 Å². The molecule has 1 aromatic rings. The second-order valence-corrected chi connectivity index (χ2v) is 9.15. The topological polar surface area (TPSA) is 20.3 Å².